The molecule has 3 nitrogen and oxygen atoms in total. The van der Waals surface area contributed by atoms with E-state index in [9.17, 15) is 21.6 Å². The van der Waals surface area contributed by atoms with Crippen molar-refractivity contribution in [3.05, 3.63) is 0 Å². The van der Waals surface area contributed by atoms with Crippen LogP contribution in [0.2, 0.25) is 0 Å². The van der Waals surface area contributed by atoms with E-state index >= 15 is 0 Å². The van der Waals surface area contributed by atoms with Crippen molar-refractivity contribution in [3.63, 3.8) is 0 Å². The Morgan fingerprint density at radius 2 is 1.80 bits per heavy atom. The Morgan fingerprint density at radius 1 is 1.20 bits per heavy atom. The van der Waals surface area contributed by atoms with E-state index in [2.05, 4.69) is 4.72 Å². The number of hydrogen-bond acceptors (Lipinski definition) is 2. The molecule has 0 bridgehead atoms. The van der Waals surface area contributed by atoms with Gasteiger partial charge in [0.25, 0.3) is 0 Å². The summed E-state index contributed by atoms with van der Waals surface area (Å²) in [4.78, 5) is 0. The van der Waals surface area contributed by atoms with Gasteiger partial charge in [0.2, 0.25) is 10.0 Å². The molecule has 0 radical (unpaired) electrons. The molecule has 0 saturated heterocycles. The van der Waals surface area contributed by atoms with Gasteiger partial charge in [0.15, 0.2) is 0 Å². The number of nitrogens with one attached hydrogen (secondary N) is 1. The summed E-state index contributed by atoms with van der Waals surface area (Å²) in [5, 5.41) is 0. The fourth-order valence-corrected chi connectivity index (χ4v) is 2.09. The van der Waals surface area contributed by atoms with E-state index in [1.165, 1.54) is 0 Å². The molecule has 15 heavy (non-hydrogen) atoms. The third-order valence-corrected chi connectivity index (χ3v) is 3.24. The van der Waals surface area contributed by atoms with Gasteiger partial charge in [-0.3, -0.25) is 0 Å². The SMILES string of the molecule is O=S(=O)(CCCC(F)(F)F)NCCCCl. The molecule has 0 aromatic rings. The van der Waals surface area contributed by atoms with E-state index in [1.54, 1.807) is 0 Å². The molecule has 0 spiro atoms. The van der Waals surface area contributed by atoms with Crippen molar-refractivity contribution in [2.75, 3.05) is 18.2 Å². The van der Waals surface area contributed by atoms with Crippen molar-refractivity contribution in [1.82, 2.24) is 4.72 Å². The van der Waals surface area contributed by atoms with Crippen LogP contribution in [0.15, 0.2) is 0 Å². The van der Waals surface area contributed by atoms with Gasteiger partial charge in [-0.2, -0.15) is 13.2 Å². The van der Waals surface area contributed by atoms with Crippen LogP contribution in [0.3, 0.4) is 0 Å². The first-order chi connectivity index (χ1) is 6.77. The summed E-state index contributed by atoms with van der Waals surface area (Å²) in [6.07, 6.45) is -5.34. The lowest BCUT2D eigenvalue weighted by atomic mass is 10.3. The zero-order valence-electron chi connectivity index (χ0n) is 7.98. The molecule has 0 rings (SSSR count). The molecule has 0 aliphatic rings. The minimum atomic E-state index is -4.30. The second-order valence-corrected chi connectivity index (χ2v) is 5.28. The Morgan fingerprint density at radius 3 is 2.27 bits per heavy atom. The van der Waals surface area contributed by atoms with Gasteiger partial charge in [0, 0.05) is 18.8 Å². The Balaban J connectivity index is 3.75. The molecular weight excluding hydrogens is 255 g/mol. The van der Waals surface area contributed by atoms with Crippen LogP contribution < -0.4 is 4.72 Å². The maximum absolute atomic E-state index is 11.7. The third kappa shape index (κ3) is 10.3. The lowest BCUT2D eigenvalue weighted by Crippen LogP contribution is -2.28. The predicted octanol–water partition coefficient (Wildman–Crippen LogP) is 1.88. The fourth-order valence-electron chi connectivity index (χ4n) is 0.829. The third-order valence-electron chi connectivity index (χ3n) is 1.51. The quantitative estimate of drug-likeness (QED) is 0.565. The van der Waals surface area contributed by atoms with E-state index in [0.717, 1.165) is 0 Å². The number of sulfonamides is 1. The first-order valence-electron chi connectivity index (χ1n) is 4.37. The summed E-state index contributed by atoms with van der Waals surface area (Å²) in [6, 6.07) is 0. The molecule has 0 aromatic carbocycles. The van der Waals surface area contributed by atoms with E-state index in [1.807, 2.05) is 0 Å². The zero-order chi connectivity index (χ0) is 11.9. The number of halogens is 4. The minimum absolute atomic E-state index is 0.165. The molecule has 0 aromatic heterocycles. The Labute approximate surface area is 92.0 Å². The van der Waals surface area contributed by atoms with E-state index in [-0.39, 0.29) is 6.54 Å². The highest BCUT2D eigenvalue weighted by Gasteiger charge is 2.27. The van der Waals surface area contributed by atoms with Crippen molar-refractivity contribution < 1.29 is 21.6 Å². The van der Waals surface area contributed by atoms with E-state index in [0.29, 0.717) is 12.3 Å². The largest absolute Gasteiger partial charge is 0.389 e. The second-order valence-electron chi connectivity index (χ2n) is 2.97. The maximum Gasteiger partial charge on any atom is 0.389 e. The molecule has 1 N–H and O–H groups in total. The molecule has 0 amide bonds. The summed E-state index contributed by atoms with van der Waals surface area (Å²) < 4.78 is 59.4. The first kappa shape index (κ1) is 15.0. The maximum atomic E-state index is 11.7. The number of rotatable bonds is 7. The highest BCUT2D eigenvalue weighted by molar-refractivity contribution is 7.89. The van der Waals surface area contributed by atoms with Gasteiger partial charge >= 0.3 is 6.18 Å². The summed E-state index contributed by atoms with van der Waals surface area (Å²) >= 11 is 5.31. The molecule has 92 valence electrons. The molecular formula is C7H13ClF3NO2S. The molecule has 0 fully saturated rings. The predicted molar refractivity (Wildman–Crippen MR) is 52.4 cm³/mol. The van der Waals surface area contributed by atoms with Crippen LogP contribution in [0.5, 0.6) is 0 Å². The van der Waals surface area contributed by atoms with Gasteiger partial charge in [0.1, 0.15) is 0 Å². The zero-order valence-corrected chi connectivity index (χ0v) is 9.55. The molecule has 0 saturated carbocycles. The van der Waals surface area contributed by atoms with Gasteiger partial charge in [0.05, 0.1) is 5.75 Å². The van der Waals surface area contributed by atoms with Gasteiger partial charge < -0.3 is 0 Å². The van der Waals surface area contributed by atoms with Crippen LogP contribution in [0.25, 0.3) is 0 Å². The highest BCUT2D eigenvalue weighted by atomic mass is 35.5. The van der Waals surface area contributed by atoms with Crippen molar-refractivity contribution >= 4 is 21.6 Å². The van der Waals surface area contributed by atoms with Crippen LogP contribution in [0.1, 0.15) is 19.3 Å². The standard InChI is InChI=1S/C7H13ClF3NO2S/c8-4-2-5-12-15(13,14)6-1-3-7(9,10)11/h12H,1-6H2. The van der Waals surface area contributed by atoms with Gasteiger partial charge in [-0.25, -0.2) is 13.1 Å². The fraction of sp³-hybridized carbons (Fsp3) is 1.00. The molecule has 0 unspecified atom stereocenters. The van der Waals surface area contributed by atoms with Gasteiger partial charge in [-0.1, -0.05) is 0 Å². The van der Waals surface area contributed by atoms with Crippen molar-refractivity contribution in [1.29, 1.82) is 0 Å². The topological polar surface area (TPSA) is 46.2 Å². The number of alkyl halides is 4. The van der Waals surface area contributed by atoms with Crippen LogP contribution >= 0.6 is 11.6 Å². The summed E-state index contributed by atoms with van der Waals surface area (Å²) in [5.41, 5.74) is 0. The Kier molecular flexibility index (Phi) is 6.54. The number of hydrogen-bond donors (Lipinski definition) is 1. The monoisotopic (exact) mass is 267 g/mol. The Bertz CT molecular complexity index is 266. The summed E-state index contributed by atoms with van der Waals surface area (Å²) in [7, 11) is -3.58. The van der Waals surface area contributed by atoms with E-state index < -0.39 is 34.8 Å². The van der Waals surface area contributed by atoms with Crippen LogP contribution in [-0.4, -0.2) is 32.8 Å². The molecule has 0 atom stereocenters. The van der Waals surface area contributed by atoms with Crippen molar-refractivity contribution in [2.24, 2.45) is 0 Å². The smallest absolute Gasteiger partial charge is 0.215 e. The molecule has 0 aliphatic heterocycles. The van der Waals surface area contributed by atoms with E-state index in [4.69, 9.17) is 11.6 Å². The van der Waals surface area contributed by atoms with Crippen LogP contribution in [0.4, 0.5) is 13.2 Å². The molecule has 8 heteroatoms. The van der Waals surface area contributed by atoms with Gasteiger partial charge in [-0.05, 0) is 12.8 Å². The molecule has 0 heterocycles. The lowest BCUT2D eigenvalue weighted by Gasteiger charge is -2.07. The van der Waals surface area contributed by atoms with Crippen LogP contribution in [0, 0.1) is 0 Å². The Hall–Kier alpha value is -0.0100. The summed E-state index contributed by atoms with van der Waals surface area (Å²) in [5.74, 6) is -0.195. The van der Waals surface area contributed by atoms with Gasteiger partial charge in [-0.15, -0.1) is 11.6 Å². The average Bonchev–Trinajstić information content (AvgIpc) is 2.01. The lowest BCUT2D eigenvalue weighted by molar-refractivity contribution is -0.134. The summed E-state index contributed by atoms with van der Waals surface area (Å²) in [6.45, 7) is 0.165. The van der Waals surface area contributed by atoms with Crippen LogP contribution in [-0.2, 0) is 10.0 Å². The highest BCUT2D eigenvalue weighted by Crippen LogP contribution is 2.21. The first-order valence-corrected chi connectivity index (χ1v) is 6.55. The average molecular weight is 268 g/mol. The second kappa shape index (κ2) is 6.55. The van der Waals surface area contributed by atoms with Crippen molar-refractivity contribution in [3.8, 4) is 0 Å². The minimum Gasteiger partial charge on any atom is -0.215 e. The normalized spacial score (nSPS) is 13.1. The van der Waals surface area contributed by atoms with Crippen molar-refractivity contribution in [2.45, 2.75) is 25.4 Å². The molecule has 0 aliphatic carbocycles.